The lowest BCUT2D eigenvalue weighted by Gasteiger charge is -2.09. The smallest absolute Gasteiger partial charge is 0.339 e. The van der Waals surface area contributed by atoms with Crippen molar-refractivity contribution in [3.63, 3.8) is 0 Å². The monoisotopic (exact) mass is 358 g/mol. The van der Waals surface area contributed by atoms with E-state index in [0.717, 1.165) is 5.69 Å². The Labute approximate surface area is 149 Å². The lowest BCUT2D eigenvalue weighted by molar-refractivity contribution is -0.136. The van der Waals surface area contributed by atoms with Crippen molar-refractivity contribution in [1.29, 1.82) is 0 Å². The van der Waals surface area contributed by atoms with Gasteiger partial charge in [0.2, 0.25) is 0 Å². The Balaban J connectivity index is 1.93. The molecule has 0 aliphatic carbocycles. The van der Waals surface area contributed by atoms with Crippen LogP contribution in [0, 0.1) is 0 Å². The lowest BCUT2D eigenvalue weighted by atomic mass is 10.1. The molecule has 0 aliphatic heterocycles. The summed E-state index contributed by atoms with van der Waals surface area (Å²) in [5.41, 5.74) is 1.63. The van der Waals surface area contributed by atoms with Crippen molar-refractivity contribution in [2.24, 2.45) is 0 Å². The van der Waals surface area contributed by atoms with Gasteiger partial charge in [0.15, 0.2) is 0 Å². The number of aromatic carboxylic acids is 1. The van der Waals surface area contributed by atoms with Crippen LogP contribution in [0.15, 0.2) is 42.5 Å². The molecule has 26 heavy (non-hydrogen) atoms. The predicted molar refractivity (Wildman–Crippen MR) is 93.4 cm³/mol. The molecule has 2 aromatic rings. The molecule has 136 valence electrons. The number of carboxylic acids is 2. The van der Waals surface area contributed by atoms with Crippen molar-refractivity contribution in [2.75, 3.05) is 11.9 Å². The van der Waals surface area contributed by atoms with Crippen LogP contribution in [0.3, 0.4) is 0 Å². The molecule has 0 saturated carbocycles. The zero-order valence-corrected chi connectivity index (χ0v) is 13.7. The first-order valence-corrected chi connectivity index (χ1v) is 7.76. The van der Waals surface area contributed by atoms with Gasteiger partial charge in [-0.1, -0.05) is 6.07 Å². The normalized spacial score (nSPS) is 10.2. The summed E-state index contributed by atoms with van der Waals surface area (Å²) in [7, 11) is 0. The molecule has 0 spiro atoms. The first-order valence-electron chi connectivity index (χ1n) is 7.76. The molecule has 8 nitrogen and oxygen atoms in total. The number of benzene rings is 2. The minimum Gasteiger partial charge on any atom is -0.507 e. The first kappa shape index (κ1) is 18.8. The molecule has 0 atom stereocenters. The van der Waals surface area contributed by atoms with Crippen LogP contribution >= 0.6 is 0 Å². The van der Waals surface area contributed by atoms with Crippen molar-refractivity contribution >= 4 is 23.5 Å². The number of carbonyl (C=O) groups excluding carboxylic acids is 1. The van der Waals surface area contributed by atoms with Gasteiger partial charge in [0.25, 0.3) is 5.91 Å². The van der Waals surface area contributed by atoms with Gasteiger partial charge in [-0.15, -0.1) is 0 Å². The summed E-state index contributed by atoms with van der Waals surface area (Å²) in [6.07, 6.45) is -0.143. The van der Waals surface area contributed by atoms with Gasteiger partial charge in [0.1, 0.15) is 11.3 Å². The highest BCUT2D eigenvalue weighted by atomic mass is 16.4. The fraction of sp³-hybridized carbons (Fsp3) is 0.167. The summed E-state index contributed by atoms with van der Waals surface area (Å²) < 4.78 is 0. The molecule has 1 amide bonds. The van der Waals surface area contributed by atoms with Gasteiger partial charge >= 0.3 is 11.9 Å². The van der Waals surface area contributed by atoms with Gasteiger partial charge in [-0.25, -0.2) is 4.79 Å². The molecule has 5 N–H and O–H groups in total. The standard InChI is InChI=1S/C18H18N2O6/c21-15-6-1-11(9-14(15)18(25)26)10-20-13-4-2-12(3-5-13)17(24)19-8-7-16(22)23/h1-6,9,20-21H,7-8,10H2,(H,19,24)(H,22,23)(H,25,26). The Bertz CT molecular complexity index is 817. The van der Waals surface area contributed by atoms with E-state index in [1.807, 2.05) is 0 Å². The number of anilines is 1. The average molecular weight is 358 g/mol. The van der Waals surface area contributed by atoms with E-state index in [1.165, 1.54) is 12.1 Å². The maximum Gasteiger partial charge on any atom is 0.339 e. The number of carbonyl (C=O) groups is 3. The third-order valence-corrected chi connectivity index (χ3v) is 3.56. The summed E-state index contributed by atoms with van der Waals surface area (Å²) in [6.45, 7) is 0.394. The van der Waals surface area contributed by atoms with E-state index in [1.54, 1.807) is 30.3 Å². The number of rotatable bonds is 8. The van der Waals surface area contributed by atoms with Gasteiger partial charge < -0.3 is 26.0 Å². The van der Waals surface area contributed by atoms with Gasteiger partial charge in [-0.05, 0) is 42.0 Å². The van der Waals surface area contributed by atoms with Crippen LogP contribution in [0.2, 0.25) is 0 Å². The van der Waals surface area contributed by atoms with E-state index in [-0.39, 0.29) is 30.2 Å². The largest absolute Gasteiger partial charge is 0.507 e. The van der Waals surface area contributed by atoms with Crippen LogP contribution in [-0.2, 0) is 11.3 Å². The molecule has 0 radical (unpaired) electrons. The first-order chi connectivity index (χ1) is 12.4. The molecule has 0 bridgehead atoms. The highest BCUT2D eigenvalue weighted by Crippen LogP contribution is 2.19. The van der Waals surface area contributed by atoms with Crippen LogP contribution in [0.5, 0.6) is 5.75 Å². The second kappa shape index (κ2) is 8.52. The minimum absolute atomic E-state index is 0.0565. The summed E-state index contributed by atoms with van der Waals surface area (Å²) in [4.78, 5) is 33.3. The molecule has 2 rings (SSSR count). The van der Waals surface area contributed by atoms with Crippen LogP contribution in [0.4, 0.5) is 5.69 Å². The Kier molecular flexibility index (Phi) is 6.15. The number of amides is 1. The molecule has 2 aromatic carbocycles. The van der Waals surface area contributed by atoms with E-state index in [0.29, 0.717) is 17.7 Å². The maximum atomic E-state index is 11.8. The maximum absolute atomic E-state index is 11.8. The topological polar surface area (TPSA) is 136 Å². The number of nitrogens with one attached hydrogen (secondary N) is 2. The Morgan fingerprint density at radius 1 is 0.962 bits per heavy atom. The van der Waals surface area contributed by atoms with Crippen molar-refractivity contribution in [3.8, 4) is 5.75 Å². The van der Waals surface area contributed by atoms with E-state index in [2.05, 4.69) is 10.6 Å². The molecule has 8 heteroatoms. The van der Waals surface area contributed by atoms with Crippen LogP contribution in [-0.4, -0.2) is 39.7 Å². The highest BCUT2D eigenvalue weighted by Gasteiger charge is 2.10. The molecule has 0 saturated heterocycles. The summed E-state index contributed by atoms with van der Waals surface area (Å²) in [5, 5.41) is 32.6. The van der Waals surface area contributed by atoms with Gasteiger partial charge in [-0.2, -0.15) is 0 Å². The molecule has 0 aromatic heterocycles. The van der Waals surface area contributed by atoms with E-state index in [4.69, 9.17) is 10.2 Å². The Hall–Kier alpha value is -3.55. The molecular weight excluding hydrogens is 340 g/mol. The predicted octanol–water partition coefficient (Wildman–Crippen LogP) is 1.91. The third kappa shape index (κ3) is 5.23. The lowest BCUT2D eigenvalue weighted by Crippen LogP contribution is -2.25. The number of hydrogen-bond acceptors (Lipinski definition) is 5. The summed E-state index contributed by atoms with van der Waals surface area (Å²) in [5.74, 6) is -2.84. The van der Waals surface area contributed by atoms with Crippen molar-refractivity contribution in [2.45, 2.75) is 13.0 Å². The van der Waals surface area contributed by atoms with Crippen LogP contribution < -0.4 is 10.6 Å². The minimum atomic E-state index is -1.21. The number of aromatic hydroxyl groups is 1. The fourth-order valence-corrected chi connectivity index (χ4v) is 2.19. The molecular formula is C18H18N2O6. The molecule has 0 aliphatic rings. The van der Waals surface area contributed by atoms with E-state index < -0.39 is 11.9 Å². The van der Waals surface area contributed by atoms with Gasteiger partial charge in [-0.3, -0.25) is 9.59 Å². The fourth-order valence-electron chi connectivity index (χ4n) is 2.19. The molecule has 0 heterocycles. The summed E-state index contributed by atoms with van der Waals surface area (Å²) >= 11 is 0. The van der Waals surface area contributed by atoms with E-state index >= 15 is 0 Å². The second-order valence-corrected chi connectivity index (χ2v) is 5.49. The number of carboxylic acid groups (broad SMARTS) is 2. The number of phenols is 1. The molecule has 0 fully saturated rings. The van der Waals surface area contributed by atoms with Crippen LogP contribution in [0.1, 0.15) is 32.7 Å². The number of aliphatic carboxylic acids is 1. The van der Waals surface area contributed by atoms with Crippen molar-refractivity contribution in [1.82, 2.24) is 5.32 Å². The second-order valence-electron chi connectivity index (χ2n) is 5.49. The SMILES string of the molecule is O=C(O)CCNC(=O)c1ccc(NCc2ccc(O)c(C(=O)O)c2)cc1. The number of hydrogen-bond donors (Lipinski definition) is 5. The summed E-state index contributed by atoms with van der Waals surface area (Å²) in [6, 6.07) is 10.9. The average Bonchev–Trinajstić information content (AvgIpc) is 2.60. The highest BCUT2D eigenvalue weighted by molar-refractivity contribution is 5.94. The zero-order chi connectivity index (χ0) is 19.1. The van der Waals surface area contributed by atoms with Gasteiger partial charge in [0.05, 0.1) is 6.42 Å². The van der Waals surface area contributed by atoms with Crippen molar-refractivity contribution in [3.05, 3.63) is 59.2 Å². The quantitative estimate of drug-likeness (QED) is 0.486. The Morgan fingerprint density at radius 2 is 1.65 bits per heavy atom. The van der Waals surface area contributed by atoms with Crippen molar-refractivity contribution < 1.29 is 29.7 Å². The van der Waals surface area contributed by atoms with Crippen LogP contribution in [0.25, 0.3) is 0 Å². The van der Waals surface area contributed by atoms with E-state index in [9.17, 15) is 19.5 Å². The van der Waals surface area contributed by atoms with Gasteiger partial charge in [0, 0.05) is 24.3 Å². The zero-order valence-electron chi connectivity index (χ0n) is 13.7. The molecule has 0 unspecified atom stereocenters. The Morgan fingerprint density at radius 3 is 2.27 bits per heavy atom. The third-order valence-electron chi connectivity index (χ3n) is 3.56.